The van der Waals surface area contributed by atoms with Crippen molar-refractivity contribution in [3.63, 3.8) is 0 Å². The van der Waals surface area contributed by atoms with E-state index in [1.807, 2.05) is 18.2 Å². The van der Waals surface area contributed by atoms with Crippen LogP contribution in [-0.4, -0.2) is 47.1 Å². The molecule has 1 aromatic carbocycles. The van der Waals surface area contributed by atoms with Gasteiger partial charge < -0.3 is 15.3 Å². The van der Waals surface area contributed by atoms with E-state index in [0.29, 0.717) is 5.92 Å². The molecule has 4 rings (SSSR count). The number of aryl methyl sites for hydroxylation is 2. The lowest BCUT2D eigenvalue weighted by Gasteiger charge is -2.33. The minimum atomic E-state index is -0.699. The number of hydrogen-bond acceptors (Lipinski definition) is 4. The van der Waals surface area contributed by atoms with Gasteiger partial charge in [-0.3, -0.25) is 4.79 Å². The number of likely N-dealkylation sites (tertiary alicyclic amines) is 1. The van der Waals surface area contributed by atoms with Gasteiger partial charge in [-0.2, -0.15) is 0 Å². The first kappa shape index (κ1) is 22.8. The first-order chi connectivity index (χ1) is 15.7. The number of nitrogens with zero attached hydrogens (tertiary/aromatic N) is 2. The van der Waals surface area contributed by atoms with E-state index in [2.05, 4.69) is 34.5 Å². The quantitative estimate of drug-likeness (QED) is 0.542. The van der Waals surface area contributed by atoms with Crippen LogP contribution in [0.3, 0.4) is 0 Å². The van der Waals surface area contributed by atoms with Crippen LogP contribution in [0.2, 0.25) is 0 Å². The van der Waals surface area contributed by atoms with Crippen LogP contribution < -0.4 is 5.32 Å². The maximum Gasteiger partial charge on any atom is 0.303 e. The summed E-state index contributed by atoms with van der Waals surface area (Å²) in [6.07, 6.45) is 9.33. The summed E-state index contributed by atoms with van der Waals surface area (Å²) in [6, 6.07) is 14.6. The van der Waals surface area contributed by atoms with Gasteiger partial charge in [0.15, 0.2) is 0 Å². The Morgan fingerprint density at radius 3 is 2.91 bits per heavy atom. The van der Waals surface area contributed by atoms with Gasteiger partial charge in [0.25, 0.3) is 0 Å². The van der Waals surface area contributed by atoms with Crippen molar-refractivity contribution in [1.29, 1.82) is 0 Å². The standard InChI is InChI=1S/C27H37N3O2/c31-26(32)19-24(22-8-2-1-3-9-22)13-12-21-7-5-17-30(20-21)18-6-11-25-15-14-23-10-4-16-28-27(23)29-25/h1-3,8-9,14-15,21,24H,4-7,10-13,16-20H2,(H,28,29)(H,31,32)/t21-,24?/m0/s1. The maximum absolute atomic E-state index is 11.4. The summed E-state index contributed by atoms with van der Waals surface area (Å²) in [6.45, 7) is 4.50. The van der Waals surface area contributed by atoms with Gasteiger partial charge in [0, 0.05) is 18.8 Å². The van der Waals surface area contributed by atoms with Crippen molar-refractivity contribution >= 4 is 11.8 Å². The summed E-state index contributed by atoms with van der Waals surface area (Å²) in [4.78, 5) is 18.8. The van der Waals surface area contributed by atoms with Crippen molar-refractivity contribution in [3.05, 3.63) is 59.3 Å². The Labute approximate surface area is 192 Å². The van der Waals surface area contributed by atoms with Crippen molar-refractivity contribution in [2.45, 2.75) is 63.7 Å². The number of carboxylic acid groups (broad SMARTS) is 1. The average Bonchev–Trinajstić information content (AvgIpc) is 2.82. The molecule has 2 aliphatic heterocycles. The third-order valence-corrected chi connectivity index (χ3v) is 7.08. The summed E-state index contributed by atoms with van der Waals surface area (Å²) < 4.78 is 0. The lowest BCUT2D eigenvalue weighted by Crippen LogP contribution is -2.36. The summed E-state index contributed by atoms with van der Waals surface area (Å²) >= 11 is 0. The largest absolute Gasteiger partial charge is 0.481 e. The highest BCUT2D eigenvalue weighted by atomic mass is 16.4. The van der Waals surface area contributed by atoms with Crippen LogP contribution in [0, 0.1) is 5.92 Å². The molecule has 1 saturated heterocycles. The highest BCUT2D eigenvalue weighted by Crippen LogP contribution is 2.30. The van der Waals surface area contributed by atoms with Gasteiger partial charge in [-0.15, -0.1) is 0 Å². The molecule has 1 aromatic heterocycles. The van der Waals surface area contributed by atoms with Crippen LogP contribution in [-0.2, 0) is 17.6 Å². The number of hydrogen-bond donors (Lipinski definition) is 2. The van der Waals surface area contributed by atoms with Crippen LogP contribution >= 0.6 is 0 Å². The third kappa shape index (κ3) is 6.55. The molecule has 1 fully saturated rings. The topological polar surface area (TPSA) is 65.5 Å². The minimum Gasteiger partial charge on any atom is -0.481 e. The fraction of sp³-hybridized carbons (Fsp3) is 0.556. The van der Waals surface area contributed by atoms with E-state index < -0.39 is 5.97 Å². The molecule has 2 aromatic rings. The van der Waals surface area contributed by atoms with Crippen molar-refractivity contribution in [2.24, 2.45) is 5.92 Å². The fourth-order valence-electron chi connectivity index (χ4n) is 5.34. The first-order valence-corrected chi connectivity index (χ1v) is 12.4. The summed E-state index contributed by atoms with van der Waals surface area (Å²) in [5.74, 6) is 1.19. The van der Waals surface area contributed by atoms with E-state index in [1.165, 1.54) is 37.1 Å². The molecule has 0 amide bonds. The van der Waals surface area contributed by atoms with Gasteiger partial charge in [-0.1, -0.05) is 36.4 Å². The number of carboxylic acids is 1. The molecule has 3 heterocycles. The van der Waals surface area contributed by atoms with E-state index in [9.17, 15) is 9.90 Å². The van der Waals surface area contributed by atoms with Gasteiger partial charge >= 0.3 is 5.97 Å². The molecule has 0 aliphatic carbocycles. The number of benzene rings is 1. The molecule has 2 N–H and O–H groups in total. The molecule has 0 spiro atoms. The Balaban J connectivity index is 1.23. The summed E-state index contributed by atoms with van der Waals surface area (Å²) in [5.41, 5.74) is 3.72. The van der Waals surface area contributed by atoms with E-state index in [4.69, 9.17) is 4.98 Å². The van der Waals surface area contributed by atoms with E-state index in [-0.39, 0.29) is 12.3 Å². The highest BCUT2D eigenvalue weighted by Gasteiger charge is 2.22. The van der Waals surface area contributed by atoms with Crippen molar-refractivity contribution in [1.82, 2.24) is 9.88 Å². The second-order valence-electron chi connectivity index (χ2n) is 9.54. The Bertz CT molecular complexity index is 870. The van der Waals surface area contributed by atoms with Crippen molar-refractivity contribution in [2.75, 3.05) is 31.5 Å². The molecule has 2 aliphatic rings. The number of anilines is 1. The van der Waals surface area contributed by atoms with Gasteiger partial charge in [-0.05, 0) is 93.5 Å². The van der Waals surface area contributed by atoms with Crippen LogP contribution in [0.4, 0.5) is 5.82 Å². The third-order valence-electron chi connectivity index (χ3n) is 7.08. The number of piperidine rings is 1. The molecule has 0 bridgehead atoms. The second kappa shape index (κ2) is 11.5. The molecule has 172 valence electrons. The van der Waals surface area contributed by atoms with Crippen LogP contribution in [0.15, 0.2) is 42.5 Å². The van der Waals surface area contributed by atoms with E-state index >= 15 is 0 Å². The summed E-state index contributed by atoms with van der Waals surface area (Å²) in [7, 11) is 0. The van der Waals surface area contributed by atoms with Crippen molar-refractivity contribution in [3.8, 4) is 0 Å². The molecule has 5 nitrogen and oxygen atoms in total. The van der Waals surface area contributed by atoms with E-state index in [0.717, 1.165) is 63.1 Å². The number of carbonyl (C=O) groups is 1. The molecule has 1 unspecified atom stereocenters. The lowest BCUT2D eigenvalue weighted by molar-refractivity contribution is -0.137. The predicted octanol–water partition coefficient (Wildman–Crippen LogP) is 5.12. The molecule has 0 saturated carbocycles. The number of rotatable bonds is 10. The maximum atomic E-state index is 11.4. The van der Waals surface area contributed by atoms with Gasteiger partial charge in [0.2, 0.25) is 0 Å². The number of aliphatic carboxylic acids is 1. The Morgan fingerprint density at radius 1 is 1.19 bits per heavy atom. The first-order valence-electron chi connectivity index (χ1n) is 12.4. The smallest absolute Gasteiger partial charge is 0.303 e. The van der Waals surface area contributed by atoms with Crippen LogP contribution in [0.25, 0.3) is 0 Å². The zero-order valence-corrected chi connectivity index (χ0v) is 19.1. The number of pyridine rings is 1. The summed E-state index contributed by atoms with van der Waals surface area (Å²) in [5, 5.41) is 12.8. The van der Waals surface area contributed by atoms with Crippen LogP contribution in [0.1, 0.15) is 67.7 Å². The zero-order chi connectivity index (χ0) is 22.2. The minimum absolute atomic E-state index is 0.118. The highest BCUT2D eigenvalue weighted by molar-refractivity contribution is 5.68. The predicted molar refractivity (Wildman–Crippen MR) is 129 cm³/mol. The molecule has 0 radical (unpaired) electrons. The molecule has 2 atom stereocenters. The Kier molecular flexibility index (Phi) is 8.16. The number of fused-ring (bicyclic) bond motifs is 1. The zero-order valence-electron chi connectivity index (χ0n) is 19.1. The molecular weight excluding hydrogens is 398 g/mol. The van der Waals surface area contributed by atoms with Crippen LogP contribution in [0.5, 0.6) is 0 Å². The molecular formula is C27H37N3O2. The molecule has 5 heteroatoms. The van der Waals surface area contributed by atoms with E-state index in [1.54, 1.807) is 0 Å². The molecule has 32 heavy (non-hydrogen) atoms. The Morgan fingerprint density at radius 2 is 2.06 bits per heavy atom. The monoisotopic (exact) mass is 435 g/mol. The normalized spacial score (nSPS) is 19.7. The Hall–Kier alpha value is -2.40. The fourth-order valence-corrected chi connectivity index (χ4v) is 5.34. The van der Waals surface area contributed by atoms with Gasteiger partial charge in [0.1, 0.15) is 5.82 Å². The SMILES string of the molecule is O=C(O)CC(CC[C@@H]1CCCN(CCCc2ccc3c(n2)NCCC3)C1)c1ccccc1. The van der Waals surface area contributed by atoms with Crippen molar-refractivity contribution < 1.29 is 9.90 Å². The average molecular weight is 436 g/mol. The van der Waals surface area contributed by atoms with Gasteiger partial charge in [0.05, 0.1) is 6.42 Å². The number of nitrogens with one attached hydrogen (secondary N) is 1. The van der Waals surface area contributed by atoms with Gasteiger partial charge in [-0.25, -0.2) is 4.98 Å². The lowest BCUT2D eigenvalue weighted by atomic mass is 9.85. The number of aromatic nitrogens is 1. The second-order valence-corrected chi connectivity index (χ2v) is 9.54.